The second-order valence-electron chi connectivity index (χ2n) is 5.98. The van der Waals surface area contributed by atoms with Crippen LogP contribution in [-0.4, -0.2) is 17.4 Å². The molecule has 1 heterocycles. The van der Waals surface area contributed by atoms with Crippen molar-refractivity contribution in [3.63, 3.8) is 0 Å². The minimum absolute atomic E-state index is 0.0190. The summed E-state index contributed by atoms with van der Waals surface area (Å²) in [6.45, 7) is 6.28. The van der Waals surface area contributed by atoms with Gasteiger partial charge in [-0.25, -0.2) is 0 Å². The van der Waals surface area contributed by atoms with Crippen LogP contribution in [0.4, 0.5) is 0 Å². The number of hydrogen-bond acceptors (Lipinski definition) is 3. The maximum atomic E-state index is 9.91. The lowest BCUT2D eigenvalue weighted by atomic mass is 9.85. The summed E-state index contributed by atoms with van der Waals surface area (Å²) in [6, 6.07) is 14.3. The van der Waals surface area contributed by atoms with E-state index in [0.717, 1.165) is 16.8 Å². The molecule has 3 heteroatoms. The minimum Gasteiger partial charge on any atom is -0.396 e. The van der Waals surface area contributed by atoms with Gasteiger partial charge in [-0.05, 0) is 37.5 Å². The Balaban J connectivity index is 2.00. The lowest BCUT2D eigenvalue weighted by Gasteiger charge is -2.19. The SMILES string of the molecule is Cc1cc(C)c(C2=NO[C@@H](c3ccccc3)[C@@H]2CO)c(C)c1. The first-order valence-corrected chi connectivity index (χ1v) is 7.59. The van der Waals surface area contributed by atoms with Crippen molar-refractivity contribution in [2.45, 2.75) is 26.9 Å². The van der Waals surface area contributed by atoms with Crippen LogP contribution in [0.15, 0.2) is 47.6 Å². The third kappa shape index (κ3) is 2.53. The van der Waals surface area contributed by atoms with E-state index in [1.54, 1.807) is 0 Å². The summed E-state index contributed by atoms with van der Waals surface area (Å²) >= 11 is 0. The summed E-state index contributed by atoms with van der Waals surface area (Å²) in [5.74, 6) is -0.137. The van der Waals surface area contributed by atoms with Gasteiger partial charge in [0.15, 0.2) is 6.10 Å². The number of benzene rings is 2. The fourth-order valence-electron chi connectivity index (χ4n) is 3.33. The molecule has 2 aromatic rings. The molecule has 0 fully saturated rings. The lowest BCUT2D eigenvalue weighted by Crippen LogP contribution is -2.23. The van der Waals surface area contributed by atoms with E-state index in [9.17, 15) is 5.11 Å². The number of rotatable bonds is 3. The third-order valence-corrected chi connectivity index (χ3v) is 4.24. The van der Waals surface area contributed by atoms with Crippen molar-refractivity contribution in [2.24, 2.45) is 11.1 Å². The number of aliphatic hydroxyl groups is 1. The highest BCUT2D eigenvalue weighted by molar-refractivity contribution is 6.05. The molecule has 114 valence electrons. The van der Waals surface area contributed by atoms with Gasteiger partial charge in [0.05, 0.1) is 18.2 Å². The van der Waals surface area contributed by atoms with Crippen LogP contribution in [0.2, 0.25) is 0 Å². The van der Waals surface area contributed by atoms with Crippen LogP contribution in [-0.2, 0) is 4.84 Å². The van der Waals surface area contributed by atoms with Gasteiger partial charge >= 0.3 is 0 Å². The predicted octanol–water partition coefficient (Wildman–Crippen LogP) is 3.70. The molecule has 0 radical (unpaired) electrons. The Labute approximate surface area is 131 Å². The van der Waals surface area contributed by atoms with Gasteiger partial charge in [0.25, 0.3) is 0 Å². The molecule has 0 bridgehead atoms. The zero-order valence-corrected chi connectivity index (χ0v) is 13.2. The molecule has 1 N–H and O–H groups in total. The van der Waals surface area contributed by atoms with Crippen LogP contribution in [0.3, 0.4) is 0 Å². The molecule has 0 aliphatic carbocycles. The quantitative estimate of drug-likeness (QED) is 0.938. The molecular formula is C19H21NO2. The second kappa shape index (κ2) is 5.93. The van der Waals surface area contributed by atoms with Gasteiger partial charge in [0.2, 0.25) is 0 Å². The largest absolute Gasteiger partial charge is 0.396 e. The van der Waals surface area contributed by atoms with Crippen molar-refractivity contribution in [3.8, 4) is 0 Å². The Morgan fingerprint density at radius 1 is 1.05 bits per heavy atom. The van der Waals surface area contributed by atoms with Crippen molar-refractivity contribution in [1.82, 2.24) is 0 Å². The number of hydrogen-bond donors (Lipinski definition) is 1. The average Bonchev–Trinajstić information content (AvgIpc) is 2.90. The summed E-state index contributed by atoms with van der Waals surface area (Å²) in [7, 11) is 0. The fourth-order valence-corrected chi connectivity index (χ4v) is 3.33. The van der Waals surface area contributed by atoms with Gasteiger partial charge in [-0.15, -0.1) is 0 Å². The van der Waals surface area contributed by atoms with Crippen molar-refractivity contribution in [2.75, 3.05) is 6.61 Å². The van der Waals surface area contributed by atoms with Gasteiger partial charge in [0, 0.05) is 5.56 Å². The maximum absolute atomic E-state index is 9.91. The Bertz CT molecular complexity index is 684. The zero-order valence-electron chi connectivity index (χ0n) is 13.2. The van der Waals surface area contributed by atoms with Gasteiger partial charge in [-0.1, -0.05) is 53.2 Å². The zero-order chi connectivity index (χ0) is 15.7. The molecule has 1 aliphatic heterocycles. The molecule has 0 unspecified atom stereocenters. The molecule has 22 heavy (non-hydrogen) atoms. The molecule has 1 aliphatic rings. The van der Waals surface area contributed by atoms with E-state index in [-0.39, 0.29) is 18.6 Å². The second-order valence-corrected chi connectivity index (χ2v) is 5.98. The fraction of sp³-hybridized carbons (Fsp3) is 0.316. The van der Waals surface area contributed by atoms with E-state index in [1.807, 2.05) is 30.3 Å². The highest BCUT2D eigenvalue weighted by Crippen LogP contribution is 2.36. The summed E-state index contributed by atoms with van der Waals surface area (Å²) < 4.78 is 0. The van der Waals surface area contributed by atoms with E-state index in [0.29, 0.717) is 0 Å². The Morgan fingerprint density at radius 2 is 1.68 bits per heavy atom. The van der Waals surface area contributed by atoms with Crippen LogP contribution >= 0.6 is 0 Å². The lowest BCUT2D eigenvalue weighted by molar-refractivity contribution is 0.0455. The minimum atomic E-state index is -0.221. The first-order chi connectivity index (χ1) is 10.6. The average molecular weight is 295 g/mol. The van der Waals surface area contributed by atoms with Gasteiger partial charge in [-0.3, -0.25) is 0 Å². The summed E-state index contributed by atoms with van der Waals surface area (Å²) in [5.41, 5.74) is 6.58. The predicted molar refractivity (Wildman–Crippen MR) is 88.0 cm³/mol. The molecule has 0 amide bonds. The Hall–Kier alpha value is -2.13. The molecule has 0 saturated heterocycles. The Morgan fingerprint density at radius 3 is 2.27 bits per heavy atom. The van der Waals surface area contributed by atoms with Crippen LogP contribution < -0.4 is 0 Å². The molecule has 3 rings (SSSR count). The van der Waals surface area contributed by atoms with E-state index in [1.165, 1.54) is 16.7 Å². The van der Waals surface area contributed by atoms with Crippen LogP contribution in [0.5, 0.6) is 0 Å². The van der Waals surface area contributed by atoms with Crippen LogP contribution in [0.25, 0.3) is 0 Å². The number of oxime groups is 1. The first-order valence-electron chi connectivity index (χ1n) is 7.59. The van der Waals surface area contributed by atoms with Crippen molar-refractivity contribution < 1.29 is 9.94 Å². The Kier molecular flexibility index (Phi) is 3.99. The van der Waals surface area contributed by atoms with Crippen LogP contribution in [0.1, 0.15) is 33.9 Å². The summed E-state index contributed by atoms with van der Waals surface area (Å²) in [6.07, 6.45) is -0.221. The standard InChI is InChI=1S/C19H21NO2/c1-12-9-13(2)17(14(3)10-12)18-16(11-21)19(22-20-18)15-7-5-4-6-8-15/h4-10,16,19,21H,11H2,1-3H3/t16-,19+/m1/s1. The van der Waals surface area contributed by atoms with Crippen molar-refractivity contribution in [1.29, 1.82) is 0 Å². The van der Waals surface area contributed by atoms with Gasteiger partial charge in [0.1, 0.15) is 0 Å². The summed E-state index contributed by atoms with van der Waals surface area (Å²) in [5, 5.41) is 14.2. The molecule has 0 aromatic heterocycles. The molecule has 3 nitrogen and oxygen atoms in total. The van der Waals surface area contributed by atoms with E-state index in [4.69, 9.17) is 4.84 Å². The third-order valence-electron chi connectivity index (χ3n) is 4.24. The number of aliphatic hydroxyl groups excluding tert-OH is 1. The normalized spacial score (nSPS) is 20.6. The first kappa shape index (κ1) is 14.8. The van der Waals surface area contributed by atoms with E-state index >= 15 is 0 Å². The molecule has 2 atom stereocenters. The highest BCUT2D eigenvalue weighted by atomic mass is 16.6. The molecule has 2 aromatic carbocycles. The van der Waals surface area contributed by atoms with Crippen molar-refractivity contribution >= 4 is 5.71 Å². The summed E-state index contributed by atoms with van der Waals surface area (Å²) in [4.78, 5) is 5.68. The smallest absolute Gasteiger partial charge is 0.163 e. The monoisotopic (exact) mass is 295 g/mol. The topological polar surface area (TPSA) is 41.8 Å². The van der Waals surface area contributed by atoms with E-state index in [2.05, 4.69) is 38.1 Å². The molecule has 0 spiro atoms. The van der Waals surface area contributed by atoms with Crippen LogP contribution in [0, 0.1) is 26.7 Å². The highest BCUT2D eigenvalue weighted by Gasteiger charge is 2.36. The maximum Gasteiger partial charge on any atom is 0.163 e. The van der Waals surface area contributed by atoms with Gasteiger partial charge in [-0.2, -0.15) is 0 Å². The number of aryl methyl sites for hydroxylation is 3. The number of nitrogens with zero attached hydrogens (tertiary/aromatic N) is 1. The molecular weight excluding hydrogens is 274 g/mol. The van der Waals surface area contributed by atoms with Gasteiger partial charge < -0.3 is 9.94 Å². The molecule has 0 saturated carbocycles. The van der Waals surface area contributed by atoms with E-state index < -0.39 is 0 Å². The van der Waals surface area contributed by atoms with Crippen molar-refractivity contribution in [3.05, 3.63) is 70.3 Å².